The number of hydrogen-bond acceptors (Lipinski definition) is 6. The molecule has 1 aromatic carbocycles. The van der Waals surface area contributed by atoms with Crippen molar-refractivity contribution < 1.29 is 17.9 Å². The van der Waals surface area contributed by atoms with Crippen LogP contribution in [0.4, 0.5) is 24.9 Å². The van der Waals surface area contributed by atoms with Gasteiger partial charge in [0.05, 0.1) is 0 Å². The van der Waals surface area contributed by atoms with Gasteiger partial charge in [0.2, 0.25) is 5.95 Å². The van der Waals surface area contributed by atoms with E-state index in [4.69, 9.17) is 0 Å². The first-order valence-electron chi connectivity index (χ1n) is 9.12. The Kier molecular flexibility index (Phi) is 6.23. The fourth-order valence-corrected chi connectivity index (χ4v) is 3.27. The first kappa shape index (κ1) is 20.2. The van der Waals surface area contributed by atoms with E-state index in [-0.39, 0.29) is 11.8 Å². The van der Waals surface area contributed by atoms with E-state index < -0.39 is 6.36 Å². The van der Waals surface area contributed by atoms with Gasteiger partial charge in [-0.05, 0) is 43.1 Å². The molecule has 1 N–H and O–H groups in total. The van der Waals surface area contributed by atoms with Crippen LogP contribution in [0.5, 0.6) is 5.75 Å². The number of nitrogens with one attached hydrogen (secondary N) is 1. The molecule has 0 amide bonds. The van der Waals surface area contributed by atoms with E-state index in [9.17, 15) is 13.2 Å². The van der Waals surface area contributed by atoms with Gasteiger partial charge < -0.3 is 15.0 Å². The van der Waals surface area contributed by atoms with E-state index in [2.05, 4.69) is 24.9 Å². The minimum atomic E-state index is -4.68. The SMILES string of the molecule is CN(C)c1nccc(NC2CCCN(Cc3cccc(OC(F)(F)F)c3)C2)n1. The number of piperidine rings is 1. The van der Waals surface area contributed by atoms with Crippen LogP contribution in [0.15, 0.2) is 36.5 Å². The van der Waals surface area contributed by atoms with Crippen molar-refractivity contribution in [2.75, 3.05) is 37.4 Å². The standard InChI is InChI=1S/C19H24F3N5O/c1-26(2)18-23-9-8-17(25-18)24-15-6-4-10-27(13-15)12-14-5-3-7-16(11-14)28-19(20,21)22/h3,5,7-9,11,15H,4,6,10,12-13H2,1-2H3,(H,23,24,25). The zero-order chi connectivity index (χ0) is 20.1. The highest BCUT2D eigenvalue weighted by atomic mass is 19.4. The first-order chi connectivity index (χ1) is 13.3. The highest BCUT2D eigenvalue weighted by Gasteiger charge is 2.31. The van der Waals surface area contributed by atoms with Crippen molar-refractivity contribution in [2.45, 2.75) is 31.8 Å². The van der Waals surface area contributed by atoms with E-state index in [0.29, 0.717) is 12.5 Å². The molecular weight excluding hydrogens is 371 g/mol. The van der Waals surface area contributed by atoms with Crippen molar-refractivity contribution in [2.24, 2.45) is 0 Å². The summed E-state index contributed by atoms with van der Waals surface area (Å²) in [5, 5.41) is 3.44. The van der Waals surface area contributed by atoms with Crippen LogP contribution in [0.3, 0.4) is 0 Å². The molecule has 0 spiro atoms. The minimum absolute atomic E-state index is 0.186. The number of ether oxygens (including phenoxy) is 1. The van der Waals surface area contributed by atoms with Gasteiger partial charge in [0.25, 0.3) is 0 Å². The van der Waals surface area contributed by atoms with E-state index in [1.165, 1.54) is 12.1 Å². The Bertz CT molecular complexity index is 784. The highest BCUT2D eigenvalue weighted by molar-refractivity contribution is 5.41. The molecule has 0 saturated carbocycles. The summed E-state index contributed by atoms with van der Waals surface area (Å²) in [7, 11) is 3.77. The molecule has 1 aliphatic heterocycles. The zero-order valence-corrected chi connectivity index (χ0v) is 15.9. The fraction of sp³-hybridized carbons (Fsp3) is 0.474. The lowest BCUT2D eigenvalue weighted by atomic mass is 10.0. The van der Waals surface area contributed by atoms with Gasteiger partial charge in [-0.25, -0.2) is 4.98 Å². The van der Waals surface area contributed by atoms with Crippen LogP contribution >= 0.6 is 0 Å². The molecule has 6 nitrogen and oxygen atoms in total. The van der Waals surface area contributed by atoms with Crippen LogP contribution < -0.4 is 15.0 Å². The van der Waals surface area contributed by atoms with Gasteiger partial charge in [0.1, 0.15) is 11.6 Å². The first-order valence-corrected chi connectivity index (χ1v) is 9.12. The van der Waals surface area contributed by atoms with Crippen molar-refractivity contribution in [1.29, 1.82) is 0 Å². The number of benzene rings is 1. The predicted octanol–water partition coefficient (Wildman–Crippen LogP) is 3.52. The van der Waals surface area contributed by atoms with Gasteiger partial charge in [0.15, 0.2) is 0 Å². The highest BCUT2D eigenvalue weighted by Crippen LogP contribution is 2.24. The Labute approximate surface area is 162 Å². The molecule has 2 heterocycles. The molecule has 0 bridgehead atoms. The lowest BCUT2D eigenvalue weighted by molar-refractivity contribution is -0.274. The number of nitrogens with zero attached hydrogens (tertiary/aromatic N) is 4. The summed E-state index contributed by atoms with van der Waals surface area (Å²) in [6, 6.07) is 8.21. The lowest BCUT2D eigenvalue weighted by Gasteiger charge is -2.33. The number of rotatable bonds is 6. The lowest BCUT2D eigenvalue weighted by Crippen LogP contribution is -2.41. The third-order valence-electron chi connectivity index (χ3n) is 4.44. The average Bonchev–Trinajstić information content (AvgIpc) is 2.61. The van der Waals surface area contributed by atoms with Crippen LogP contribution in [0, 0.1) is 0 Å². The summed E-state index contributed by atoms with van der Waals surface area (Å²) in [6.07, 6.45) is -0.948. The molecule has 28 heavy (non-hydrogen) atoms. The summed E-state index contributed by atoms with van der Waals surface area (Å²) in [6.45, 7) is 2.25. The summed E-state index contributed by atoms with van der Waals surface area (Å²) >= 11 is 0. The Morgan fingerprint density at radius 3 is 2.86 bits per heavy atom. The van der Waals surface area contributed by atoms with Crippen molar-refractivity contribution >= 4 is 11.8 Å². The van der Waals surface area contributed by atoms with Crippen molar-refractivity contribution in [3.8, 4) is 5.75 Å². The van der Waals surface area contributed by atoms with Crippen molar-refractivity contribution in [3.63, 3.8) is 0 Å². The van der Waals surface area contributed by atoms with Gasteiger partial charge in [-0.3, -0.25) is 4.90 Å². The molecule has 1 fully saturated rings. The topological polar surface area (TPSA) is 53.5 Å². The molecule has 1 saturated heterocycles. The second kappa shape index (κ2) is 8.64. The van der Waals surface area contributed by atoms with Gasteiger partial charge in [0, 0.05) is 39.4 Å². The number of likely N-dealkylation sites (tertiary alicyclic amines) is 1. The van der Waals surface area contributed by atoms with Crippen LogP contribution in [-0.2, 0) is 6.54 Å². The number of hydrogen-bond donors (Lipinski definition) is 1. The molecule has 1 aromatic heterocycles. The number of anilines is 2. The number of halogens is 3. The predicted molar refractivity (Wildman–Crippen MR) is 101 cm³/mol. The molecule has 152 valence electrons. The van der Waals surface area contributed by atoms with Gasteiger partial charge in [-0.2, -0.15) is 4.98 Å². The minimum Gasteiger partial charge on any atom is -0.406 e. The van der Waals surface area contributed by atoms with Gasteiger partial charge in [-0.15, -0.1) is 13.2 Å². The van der Waals surface area contributed by atoms with E-state index in [1.807, 2.05) is 31.1 Å². The molecule has 1 atom stereocenters. The monoisotopic (exact) mass is 395 g/mol. The fourth-order valence-electron chi connectivity index (χ4n) is 3.27. The van der Waals surface area contributed by atoms with Crippen LogP contribution in [-0.4, -0.2) is 54.5 Å². The van der Waals surface area contributed by atoms with Gasteiger partial charge in [-0.1, -0.05) is 12.1 Å². The van der Waals surface area contributed by atoms with Crippen LogP contribution in [0.25, 0.3) is 0 Å². The van der Waals surface area contributed by atoms with Crippen LogP contribution in [0.1, 0.15) is 18.4 Å². The van der Waals surface area contributed by atoms with E-state index in [0.717, 1.165) is 37.3 Å². The van der Waals surface area contributed by atoms with Crippen LogP contribution in [0.2, 0.25) is 0 Å². The number of aromatic nitrogens is 2. The molecule has 0 aliphatic carbocycles. The summed E-state index contributed by atoms with van der Waals surface area (Å²) in [5.41, 5.74) is 0.791. The Morgan fingerprint density at radius 2 is 2.11 bits per heavy atom. The third kappa shape index (κ3) is 5.98. The smallest absolute Gasteiger partial charge is 0.406 e. The van der Waals surface area contributed by atoms with Crippen molar-refractivity contribution in [1.82, 2.24) is 14.9 Å². The summed E-state index contributed by atoms with van der Waals surface area (Å²) in [4.78, 5) is 12.8. The molecule has 1 unspecified atom stereocenters. The quantitative estimate of drug-likeness (QED) is 0.808. The third-order valence-corrected chi connectivity index (χ3v) is 4.44. The Balaban J connectivity index is 1.59. The maximum Gasteiger partial charge on any atom is 0.573 e. The zero-order valence-electron chi connectivity index (χ0n) is 15.9. The molecule has 0 radical (unpaired) electrons. The molecule has 1 aliphatic rings. The molecule has 3 rings (SSSR count). The Hall–Kier alpha value is -2.55. The second-order valence-electron chi connectivity index (χ2n) is 7.05. The van der Waals surface area contributed by atoms with Gasteiger partial charge >= 0.3 is 6.36 Å². The number of alkyl halides is 3. The second-order valence-corrected chi connectivity index (χ2v) is 7.05. The maximum atomic E-state index is 12.4. The normalized spacial score (nSPS) is 18.0. The maximum absolute atomic E-state index is 12.4. The molecule has 9 heteroatoms. The Morgan fingerprint density at radius 1 is 1.29 bits per heavy atom. The average molecular weight is 395 g/mol. The largest absolute Gasteiger partial charge is 0.573 e. The van der Waals surface area contributed by atoms with E-state index in [1.54, 1.807) is 12.3 Å². The van der Waals surface area contributed by atoms with Crippen molar-refractivity contribution in [3.05, 3.63) is 42.1 Å². The summed E-state index contributed by atoms with van der Waals surface area (Å²) < 4.78 is 41.3. The molecular formula is C19H24F3N5O. The molecule has 2 aromatic rings. The summed E-state index contributed by atoms with van der Waals surface area (Å²) in [5.74, 6) is 1.22. The van der Waals surface area contributed by atoms with E-state index >= 15 is 0 Å².